The van der Waals surface area contributed by atoms with Crippen LogP contribution in [-0.4, -0.2) is 11.5 Å². The van der Waals surface area contributed by atoms with E-state index in [1.807, 2.05) is 11.6 Å². The number of nitrogens with one attached hydrogen (secondary N) is 1. The minimum Gasteiger partial charge on any atom is -0.310 e. The van der Waals surface area contributed by atoms with Crippen LogP contribution in [0, 0.1) is 13.8 Å². The second kappa shape index (κ2) is 6.12. The Balaban J connectivity index is 2.26. The molecule has 0 saturated heterocycles. The molecule has 0 spiro atoms. The van der Waals surface area contributed by atoms with Crippen molar-refractivity contribution in [3.63, 3.8) is 0 Å². The van der Waals surface area contributed by atoms with Crippen LogP contribution >= 0.6 is 11.3 Å². The van der Waals surface area contributed by atoms with Gasteiger partial charge in [0.25, 0.3) is 0 Å². The number of hydrogen-bond donors (Lipinski definition) is 1. The molecule has 0 aliphatic carbocycles. The molecule has 2 nitrogen and oxygen atoms in total. The van der Waals surface area contributed by atoms with Gasteiger partial charge in [-0.05, 0) is 37.1 Å². The van der Waals surface area contributed by atoms with Crippen molar-refractivity contribution in [2.24, 2.45) is 0 Å². The van der Waals surface area contributed by atoms with Crippen LogP contribution in [0.5, 0.6) is 0 Å². The fourth-order valence-electron chi connectivity index (χ4n) is 2.22. The maximum absolute atomic E-state index is 4.39. The first kappa shape index (κ1) is 13.2. The normalized spacial score (nSPS) is 12.6. The summed E-state index contributed by atoms with van der Waals surface area (Å²) in [5.41, 5.74) is 4.14. The lowest BCUT2D eigenvalue weighted by Crippen LogP contribution is -2.23. The van der Waals surface area contributed by atoms with E-state index < -0.39 is 0 Å². The Morgan fingerprint density at radius 1 is 1.33 bits per heavy atom. The molecule has 0 amide bonds. The summed E-state index contributed by atoms with van der Waals surface area (Å²) >= 11 is 1.73. The van der Waals surface area contributed by atoms with Gasteiger partial charge < -0.3 is 5.32 Å². The quantitative estimate of drug-likeness (QED) is 0.887. The predicted molar refractivity (Wildman–Crippen MR) is 78.2 cm³/mol. The highest BCUT2D eigenvalue weighted by molar-refractivity contribution is 7.09. The standard InChI is InChI=1S/C15H20N2S/c1-4-16-14(10-15-17-8-9-18-15)13-7-5-6-11(2)12(13)3/h5-9,14,16H,4,10H2,1-3H3. The van der Waals surface area contributed by atoms with Crippen LogP contribution < -0.4 is 5.32 Å². The zero-order valence-electron chi connectivity index (χ0n) is 11.2. The summed E-state index contributed by atoms with van der Waals surface area (Å²) in [6.45, 7) is 7.51. The van der Waals surface area contributed by atoms with Crippen LogP contribution in [-0.2, 0) is 6.42 Å². The fourth-order valence-corrected chi connectivity index (χ4v) is 2.88. The number of rotatable bonds is 5. The Bertz CT molecular complexity index is 491. The number of likely N-dealkylation sites (N-methyl/N-ethyl adjacent to an activating group) is 1. The Morgan fingerprint density at radius 3 is 2.83 bits per heavy atom. The highest BCUT2D eigenvalue weighted by Crippen LogP contribution is 2.24. The molecule has 1 N–H and O–H groups in total. The van der Waals surface area contributed by atoms with Gasteiger partial charge in [0.2, 0.25) is 0 Å². The first-order chi connectivity index (χ1) is 8.72. The zero-order chi connectivity index (χ0) is 13.0. The molecular formula is C15H20N2S. The van der Waals surface area contributed by atoms with Crippen LogP contribution in [0.4, 0.5) is 0 Å². The summed E-state index contributed by atoms with van der Waals surface area (Å²) < 4.78 is 0. The molecule has 1 unspecified atom stereocenters. The van der Waals surface area contributed by atoms with Gasteiger partial charge in [0.15, 0.2) is 0 Å². The minimum atomic E-state index is 0.362. The lowest BCUT2D eigenvalue weighted by Gasteiger charge is -2.20. The molecule has 0 aliphatic heterocycles. The van der Waals surface area contributed by atoms with Gasteiger partial charge in [0.1, 0.15) is 0 Å². The van der Waals surface area contributed by atoms with Crippen molar-refractivity contribution in [1.29, 1.82) is 0 Å². The van der Waals surface area contributed by atoms with Gasteiger partial charge >= 0.3 is 0 Å². The van der Waals surface area contributed by atoms with Gasteiger partial charge in [-0.25, -0.2) is 4.98 Å². The highest BCUT2D eigenvalue weighted by Gasteiger charge is 2.15. The molecule has 1 aromatic heterocycles. The van der Waals surface area contributed by atoms with Crippen LogP contribution in [0.15, 0.2) is 29.8 Å². The molecular weight excluding hydrogens is 240 g/mol. The number of hydrogen-bond acceptors (Lipinski definition) is 3. The molecule has 96 valence electrons. The number of benzene rings is 1. The van der Waals surface area contributed by atoms with E-state index in [0.717, 1.165) is 13.0 Å². The summed E-state index contributed by atoms with van der Waals surface area (Å²) in [4.78, 5) is 4.39. The lowest BCUT2D eigenvalue weighted by molar-refractivity contribution is 0.546. The Kier molecular flexibility index (Phi) is 4.50. The monoisotopic (exact) mass is 260 g/mol. The van der Waals surface area contributed by atoms with E-state index in [1.165, 1.54) is 21.7 Å². The van der Waals surface area contributed by atoms with Gasteiger partial charge in [-0.3, -0.25) is 0 Å². The van der Waals surface area contributed by atoms with E-state index in [1.54, 1.807) is 11.3 Å². The predicted octanol–water partition coefficient (Wildman–Crippen LogP) is 3.65. The Labute approximate surface area is 113 Å². The minimum absolute atomic E-state index is 0.362. The summed E-state index contributed by atoms with van der Waals surface area (Å²) in [5.74, 6) is 0. The van der Waals surface area contributed by atoms with E-state index in [0.29, 0.717) is 6.04 Å². The number of nitrogens with zero attached hydrogens (tertiary/aromatic N) is 1. The number of thiazole rings is 1. The third-order valence-electron chi connectivity index (χ3n) is 3.33. The number of aryl methyl sites for hydroxylation is 1. The van der Waals surface area contributed by atoms with Crippen molar-refractivity contribution in [3.8, 4) is 0 Å². The smallest absolute Gasteiger partial charge is 0.0943 e. The van der Waals surface area contributed by atoms with Crippen molar-refractivity contribution in [2.75, 3.05) is 6.54 Å². The van der Waals surface area contributed by atoms with Crippen molar-refractivity contribution in [1.82, 2.24) is 10.3 Å². The summed E-state index contributed by atoms with van der Waals surface area (Å²) in [6.07, 6.45) is 2.85. The zero-order valence-corrected chi connectivity index (χ0v) is 12.1. The van der Waals surface area contributed by atoms with Gasteiger partial charge in [-0.2, -0.15) is 0 Å². The summed E-state index contributed by atoms with van der Waals surface area (Å²) in [5, 5.41) is 6.81. The van der Waals surface area contributed by atoms with E-state index >= 15 is 0 Å². The topological polar surface area (TPSA) is 24.9 Å². The van der Waals surface area contributed by atoms with E-state index in [2.05, 4.69) is 49.3 Å². The lowest BCUT2D eigenvalue weighted by atomic mass is 9.95. The SMILES string of the molecule is CCNC(Cc1nccs1)c1cccc(C)c1C. The van der Waals surface area contributed by atoms with E-state index in [9.17, 15) is 0 Å². The second-order valence-electron chi connectivity index (χ2n) is 4.53. The van der Waals surface area contributed by atoms with Gasteiger partial charge in [-0.15, -0.1) is 11.3 Å². The Morgan fingerprint density at radius 2 is 2.17 bits per heavy atom. The van der Waals surface area contributed by atoms with Crippen LogP contribution in [0.25, 0.3) is 0 Å². The van der Waals surface area contributed by atoms with Gasteiger partial charge in [0.05, 0.1) is 5.01 Å². The molecule has 1 aromatic carbocycles. The van der Waals surface area contributed by atoms with Crippen LogP contribution in [0.2, 0.25) is 0 Å². The molecule has 0 bridgehead atoms. The third kappa shape index (κ3) is 2.98. The first-order valence-corrected chi connectivity index (χ1v) is 7.28. The second-order valence-corrected chi connectivity index (χ2v) is 5.51. The van der Waals surface area contributed by atoms with Crippen LogP contribution in [0.3, 0.4) is 0 Å². The largest absolute Gasteiger partial charge is 0.310 e. The van der Waals surface area contributed by atoms with Crippen molar-refractivity contribution in [3.05, 3.63) is 51.5 Å². The summed E-state index contributed by atoms with van der Waals surface area (Å²) in [6, 6.07) is 6.90. The van der Waals surface area contributed by atoms with Gasteiger partial charge in [0, 0.05) is 24.0 Å². The molecule has 0 aliphatic rings. The summed E-state index contributed by atoms with van der Waals surface area (Å²) in [7, 11) is 0. The number of aromatic nitrogens is 1. The molecule has 2 rings (SSSR count). The first-order valence-electron chi connectivity index (χ1n) is 6.40. The van der Waals surface area contributed by atoms with Crippen molar-refractivity contribution < 1.29 is 0 Å². The molecule has 1 heterocycles. The Hall–Kier alpha value is -1.19. The molecule has 0 radical (unpaired) electrons. The maximum Gasteiger partial charge on any atom is 0.0943 e. The van der Waals surface area contributed by atoms with Crippen LogP contribution in [0.1, 0.15) is 34.7 Å². The highest BCUT2D eigenvalue weighted by atomic mass is 32.1. The molecule has 0 saturated carbocycles. The van der Waals surface area contributed by atoms with Gasteiger partial charge in [-0.1, -0.05) is 25.1 Å². The fraction of sp³-hybridized carbons (Fsp3) is 0.400. The molecule has 2 aromatic rings. The molecule has 0 fully saturated rings. The molecule has 18 heavy (non-hydrogen) atoms. The average molecular weight is 260 g/mol. The third-order valence-corrected chi connectivity index (χ3v) is 4.14. The molecule has 1 atom stereocenters. The van der Waals surface area contributed by atoms with Crippen molar-refractivity contribution in [2.45, 2.75) is 33.2 Å². The molecule has 3 heteroatoms. The average Bonchev–Trinajstić information content (AvgIpc) is 2.85. The van der Waals surface area contributed by atoms with E-state index in [4.69, 9.17) is 0 Å². The van der Waals surface area contributed by atoms with Crippen molar-refractivity contribution >= 4 is 11.3 Å². The van der Waals surface area contributed by atoms with E-state index in [-0.39, 0.29) is 0 Å². The maximum atomic E-state index is 4.39.